The maximum atomic E-state index is 12.2. The first kappa shape index (κ1) is 15.0. The Morgan fingerprint density at radius 2 is 2.10 bits per heavy atom. The summed E-state index contributed by atoms with van der Waals surface area (Å²) in [7, 11) is 0. The van der Waals surface area contributed by atoms with Gasteiger partial charge in [0.2, 0.25) is 5.91 Å². The monoisotopic (exact) mass is 274 g/mol. The SMILES string of the molecule is CC1(C)CCCC1NC(=O)[C@@H](N)CCc1ccccc1. The number of hydrogen-bond donors (Lipinski definition) is 2. The first-order valence-corrected chi connectivity index (χ1v) is 7.59. The molecule has 0 heterocycles. The van der Waals surface area contributed by atoms with E-state index in [1.54, 1.807) is 0 Å². The molecule has 3 nitrogen and oxygen atoms in total. The molecule has 1 unspecified atom stereocenters. The van der Waals surface area contributed by atoms with Crippen LogP contribution >= 0.6 is 0 Å². The molecule has 1 amide bonds. The minimum Gasteiger partial charge on any atom is -0.351 e. The molecule has 0 spiro atoms. The summed E-state index contributed by atoms with van der Waals surface area (Å²) in [6, 6.07) is 10.0. The van der Waals surface area contributed by atoms with Crippen LogP contribution in [0.5, 0.6) is 0 Å². The zero-order valence-electron chi connectivity index (χ0n) is 12.6. The van der Waals surface area contributed by atoms with E-state index in [4.69, 9.17) is 5.73 Å². The van der Waals surface area contributed by atoms with Crippen LogP contribution in [0.15, 0.2) is 30.3 Å². The van der Waals surface area contributed by atoms with Crippen molar-refractivity contribution in [1.29, 1.82) is 0 Å². The molecule has 1 aliphatic carbocycles. The molecule has 0 saturated heterocycles. The van der Waals surface area contributed by atoms with Gasteiger partial charge in [-0.25, -0.2) is 0 Å². The highest BCUT2D eigenvalue weighted by Gasteiger charge is 2.35. The second kappa shape index (κ2) is 6.40. The predicted octanol–water partition coefficient (Wildman–Crippen LogP) is 2.64. The number of rotatable bonds is 5. The maximum Gasteiger partial charge on any atom is 0.237 e. The summed E-state index contributed by atoms with van der Waals surface area (Å²) in [6.07, 6.45) is 4.99. The quantitative estimate of drug-likeness (QED) is 0.867. The third kappa shape index (κ3) is 3.83. The van der Waals surface area contributed by atoms with Crippen LogP contribution in [0.4, 0.5) is 0 Å². The molecule has 1 aliphatic rings. The molecule has 1 fully saturated rings. The van der Waals surface area contributed by atoms with Gasteiger partial charge in [0.1, 0.15) is 0 Å². The molecule has 3 heteroatoms. The van der Waals surface area contributed by atoms with Gasteiger partial charge in [-0.15, -0.1) is 0 Å². The van der Waals surface area contributed by atoms with Gasteiger partial charge < -0.3 is 11.1 Å². The summed E-state index contributed by atoms with van der Waals surface area (Å²) in [6.45, 7) is 4.45. The summed E-state index contributed by atoms with van der Waals surface area (Å²) in [5.74, 6) is 0.000839. The lowest BCUT2D eigenvalue weighted by Crippen LogP contribution is -2.48. The number of amides is 1. The van der Waals surface area contributed by atoms with Gasteiger partial charge in [-0.3, -0.25) is 4.79 Å². The Kier molecular flexibility index (Phi) is 4.81. The van der Waals surface area contributed by atoms with Crippen LogP contribution in [0.2, 0.25) is 0 Å². The number of carbonyl (C=O) groups is 1. The molecule has 2 atom stereocenters. The predicted molar refractivity (Wildman–Crippen MR) is 82.3 cm³/mol. The average Bonchev–Trinajstić information content (AvgIpc) is 2.76. The number of aryl methyl sites for hydroxylation is 1. The molecule has 2 rings (SSSR count). The van der Waals surface area contributed by atoms with E-state index in [1.807, 2.05) is 18.2 Å². The van der Waals surface area contributed by atoms with E-state index in [0.717, 1.165) is 12.8 Å². The Morgan fingerprint density at radius 1 is 1.40 bits per heavy atom. The summed E-state index contributed by atoms with van der Waals surface area (Å²) in [5.41, 5.74) is 7.46. The van der Waals surface area contributed by atoms with Crippen molar-refractivity contribution in [2.24, 2.45) is 11.1 Å². The van der Waals surface area contributed by atoms with Gasteiger partial charge in [-0.2, -0.15) is 0 Å². The number of nitrogens with one attached hydrogen (secondary N) is 1. The highest BCUT2D eigenvalue weighted by molar-refractivity contribution is 5.81. The zero-order chi connectivity index (χ0) is 14.6. The van der Waals surface area contributed by atoms with Crippen LogP contribution in [0.1, 0.15) is 45.1 Å². The van der Waals surface area contributed by atoms with Gasteiger partial charge >= 0.3 is 0 Å². The van der Waals surface area contributed by atoms with Gasteiger partial charge in [-0.1, -0.05) is 50.6 Å². The minimum absolute atomic E-state index is 0.000839. The summed E-state index contributed by atoms with van der Waals surface area (Å²) in [5, 5.41) is 3.14. The van der Waals surface area contributed by atoms with Crippen molar-refractivity contribution < 1.29 is 4.79 Å². The average molecular weight is 274 g/mol. The van der Waals surface area contributed by atoms with Crippen LogP contribution in [0, 0.1) is 5.41 Å². The first-order chi connectivity index (χ1) is 9.49. The Morgan fingerprint density at radius 3 is 2.70 bits per heavy atom. The van der Waals surface area contributed by atoms with Crippen LogP contribution < -0.4 is 11.1 Å². The normalized spacial score (nSPS) is 22.4. The van der Waals surface area contributed by atoms with Crippen LogP contribution in [-0.2, 0) is 11.2 Å². The molecule has 1 aromatic carbocycles. The molecule has 0 bridgehead atoms. The highest BCUT2D eigenvalue weighted by Crippen LogP contribution is 2.37. The summed E-state index contributed by atoms with van der Waals surface area (Å²) in [4.78, 5) is 12.2. The summed E-state index contributed by atoms with van der Waals surface area (Å²) >= 11 is 0. The van der Waals surface area contributed by atoms with Crippen LogP contribution in [0.25, 0.3) is 0 Å². The Labute approximate surface area is 121 Å². The molecule has 20 heavy (non-hydrogen) atoms. The number of carbonyl (C=O) groups excluding carboxylic acids is 1. The standard InChI is InChI=1S/C17H26N2O/c1-17(2)12-6-9-15(17)19-16(20)14(18)11-10-13-7-4-3-5-8-13/h3-5,7-8,14-15H,6,9-12,18H2,1-2H3,(H,19,20)/t14-,15?/m0/s1. The molecular formula is C17H26N2O. The van der Waals surface area contributed by atoms with Crippen molar-refractivity contribution in [3.63, 3.8) is 0 Å². The van der Waals surface area contributed by atoms with Gasteiger partial charge in [0, 0.05) is 6.04 Å². The van der Waals surface area contributed by atoms with E-state index in [0.29, 0.717) is 6.42 Å². The van der Waals surface area contributed by atoms with Crippen molar-refractivity contribution in [3.8, 4) is 0 Å². The molecule has 0 aliphatic heterocycles. The van der Waals surface area contributed by atoms with Crippen molar-refractivity contribution in [3.05, 3.63) is 35.9 Å². The van der Waals surface area contributed by atoms with E-state index in [-0.39, 0.29) is 17.4 Å². The van der Waals surface area contributed by atoms with Gasteiger partial charge in [0.25, 0.3) is 0 Å². The van der Waals surface area contributed by atoms with E-state index in [2.05, 4.69) is 31.3 Å². The van der Waals surface area contributed by atoms with E-state index in [9.17, 15) is 4.79 Å². The van der Waals surface area contributed by atoms with Crippen LogP contribution in [-0.4, -0.2) is 18.0 Å². The smallest absolute Gasteiger partial charge is 0.237 e. The lowest BCUT2D eigenvalue weighted by atomic mass is 9.87. The molecule has 1 aromatic rings. The Balaban J connectivity index is 1.80. The highest BCUT2D eigenvalue weighted by atomic mass is 16.2. The lowest BCUT2D eigenvalue weighted by Gasteiger charge is -2.28. The van der Waals surface area contributed by atoms with Gasteiger partial charge in [-0.05, 0) is 36.7 Å². The molecule has 3 N–H and O–H groups in total. The van der Waals surface area contributed by atoms with Crippen LogP contribution in [0.3, 0.4) is 0 Å². The van der Waals surface area contributed by atoms with Crippen molar-refractivity contribution in [2.45, 2.75) is 58.0 Å². The lowest BCUT2D eigenvalue weighted by molar-refractivity contribution is -0.123. The third-order valence-corrected chi connectivity index (χ3v) is 4.50. The van der Waals surface area contributed by atoms with Crippen molar-refractivity contribution in [1.82, 2.24) is 5.32 Å². The van der Waals surface area contributed by atoms with Crippen molar-refractivity contribution in [2.75, 3.05) is 0 Å². The largest absolute Gasteiger partial charge is 0.351 e. The Bertz CT molecular complexity index is 442. The first-order valence-electron chi connectivity index (χ1n) is 7.59. The minimum atomic E-state index is -0.411. The van der Waals surface area contributed by atoms with E-state index in [1.165, 1.54) is 18.4 Å². The fraction of sp³-hybridized carbons (Fsp3) is 0.588. The maximum absolute atomic E-state index is 12.2. The Hall–Kier alpha value is -1.35. The molecule has 0 aromatic heterocycles. The van der Waals surface area contributed by atoms with Gasteiger partial charge in [0.05, 0.1) is 6.04 Å². The topological polar surface area (TPSA) is 55.1 Å². The summed E-state index contributed by atoms with van der Waals surface area (Å²) < 4.78 is 0. The van der Waals surface area contributed by atoms with Crippen molar-refractivity contribution >= 4 is 5.91 Å². The van der Waals surface area contributed by atoms with E-state index < -0.39 is 6.04 Å². The second-order valence-electron chi connectivity index (χ2n) is 6.57. The van der Waals surface area contributed by atoms with Gasteiger partial charge in [0.15, 0.2) is 0 Å². The molecule has 1 saturated carbocycles. The third-order valence-electron chi connectivity index (χ3n) is 4.50. The number of hydrogen-bond acceptors (Lipinski definition) is 2. The fourth-order valence-corrected chi connectivity index (χ4v) is 2.97. The molecule has 110 valence electrons. The molecular weight excluding hydrogens is 248 g/mol. The second-order valence-corrected chi connectivity index (χ2v) is 6.57. The number of benzene rings is 1. The molecule has 0 radical (unpaired) electrons. The fourth-order valence-electron chi connectivity index (χ4n) is 2.97. The zero-order valence-corrected chi connectivity index (χ0v) is 12.6. The number of nitrogens with two attached hydrogens (primary N) is 1. The van der Waals surface area contributed by atoms with E-state index >= 15 is 0 Å².